The Kier molecular flexibility index (Phi) is 3.65. The minimum atomic E-state index is -0.542. The lowest BCUT2D eigenvalue weighted by Gasteiger charge is -2.17. The molecule has 0 amide bonds. The van der Waals surface area contributed by atoms with E-state index in [4.69, 9.17) is 4.74 Å². The summed E-state index contributed by atoms with van der Waals surface area (Å²) in [7, 11) is 0. The molecule has 2 fully saturated rings. The molecule has 1 aliphatic carbocycles. The van der Waals surface area contributed by atoms with Crippen LogP contribution in [-0.2, 0) is 6.54 Å². The first-order valence-corrected chi connectivity index (χ1v) is 8.18. The summed E-state index contributed by atoms with van der Waals surface area (Å²) < 4.78 is 7.70. The number of β-amino-alcohol motifs (C(OH)–C–C–N with tert-alkyl or cyclic N) is 1. The number of aliphatic hydroxyl groups excluding tert-OH is 1. The van der Waals surface area contributed by atoms with E-state index in [0.29, 0.717) is 24.8 Å². The van der Waals surface area contributed by atoms with Crippen LogP contribution < -0.4 is 9.64 Å². The van der Waals surface area contributed by atoms with Crippen molar-refractivity contribution in [3.63, 3.8) is 0 Å². The van der Waals surface area contributed by atoms with Crippen LogP contribution in [0.25, 0.3) is 0 Å². The number of ether oxygens (including phenoxy) is 1. The van der Waals surface area contributed by atoms with E-state index in [9.17, 15) is 5.11 Å². The van der Waals surface area contributed by atoms with Gasteiger partial charge < -0.3 is 14.7 Å². The van der Waals surface area contributed by atoms with Crippen LogP contribution in [-0.4, -0.2) is 50.2 Å². The number of nitrogens with zero attached hydrogens (tertiary/aromatic N) is 5. The largest absolute Gasteiger partial charge is 0.482 e. The molecule has 7 nitrogen and oxygen atoms in total. The first-order valence-electron chi connectivity index (χ1n) is 8.18. The molecule has 2 atom stereocenters. The molecule has 2 aromatic heterocycles. The van der Waals surface area contributed by atoms with Gasteiger partial charge in [0.15, 0.2) is 5.75 Å². The second-order valence-corrected chi connectivity index (χ2v) is 6.21. The van der Waals surface area contributed by atoms with Gasteiger partial charge in [-0.1, -0.05) is 0 Å². The standard InChI is InChI=1S/C16H21N5O2/c1-2-21-8-12(7-18-21)23-14-10-20(9-13(14)22)15-5-6-17-16(19-15)11-3-4-11/h5-8,11,13-14,22H,2-4,9-10H2,1H3/t13-,14-/m1/s1. The third kappa shape index (κ3) is 3.01. The van der Waals surface area contributed by atoms with E-state index in [1.165, 1.54) is 12.8 Å². The van der Waals surface area contributed by atoms with Crippen LogP contribution in [0.5, 0.6) is 5.75 Å². The average Bonchev–Trinajstić information content (AvgIpc) is 3.23. The molecule has 1 aliphatic heterocycles. The van der Waals surface area contributed by atoms with Crippen LogP contribution >= 0.6 is 0 Å². The Hall–Kier alpha value is -2.15. The summed E-state index contributed by atoms with van der Waals surface area (Å²) in [6.45, 7) is 3.95. The minimum absolute atomic E-state index is 0.274. The summed E-state index contributed by atoms with van der Waals surface area (Å²) in [4.78, 5) is 11.1. The molecule has 0 bridgehead atoms. The number of hydrogen-bond donors (Lipinski definition) is 1. The van der Waals surface area contributed by atoms with Crippen molar-refractivity contribution in [3.05, 3.63) is 30.5 Å². The molecule has 0 spiro atoms. The molecule has 0 radical (unpaired) electrons. The number of hydrogen-bond acceptors (Lipinski definition) is 6. The van der Waals surface area contributed by atoms with Gasteiger partial charge >= 0.3 is 0 Å². The van der Waals surface area contributed by atoms with Gasteiger partial charge in [-0.3, -0.25) is 4.68 Å². The zero-order chi connectivity index (χ0) is 15.8. The van der Waals surface area contributed by atoms with E-state index < -0.39 is 6.10 Å². The number of aryl methyl sites for hydroxylation is 1. The summed E-state index contributed by atoms with van der Waals surface area (Å²) in [5, 5.41) is 14.5. The van der Waals surface area contributed by atoms with Gasteiger partial charge in [0, 0.05) is 25.2 Å². The monoisotopic (exact) mass is 315 g/mol. The SMILES string of the molecule is CCn1cc(O[C@@H]2CN(c3ccnc(C4CC4)n3)C[C@H]2O)cn1. The molecule has 4 rings (SSSR count). The summed E-state index contributed by atoms with van der Waals surface area (Å²) in [5.74, 6) is 3.01. The van der Waals surface area contributed by atoms with Crippen molar-refractivity contribution in [2.45, 2.75) is 44.4 Å². The smallest absolute Gasteiger partial charge is 0.157 e. The molecule has 1 saturated carbocycles. The highest BCUT2D eigenvalue weighted by Gasteiger charge is 2.35. The summed E-state index contributed by atoms with van der Waals surface area (Å²) in [6, 6.07) is 1.90. The van der Waals surface area contributed by atoms with Crippen molar-refractivity contribution in [2.75, 3.05) is 18.0 Å². The second kappa shape index (κ2) is 5.81. The fourth-order valence-corrected chi connectivity index (χ4v) is 2.89. The Morgan fingerprint density at radius 3 is 2.96 bits per heavy atom. The van der Waals surface area contributed by atoms with Crippen molar-refractivity contribution in [1.82, 2.24) is 19.7 Å². The van der Waals surface area contributed by atoms with Crippen molar-refractivity contribution in [2.24, 2.45) is 0 Å². The van der Waals surface area contributed by atoms with Gasteiger partial charge in [0.2, 0.25) is 0 Å². The van der Waals surface area contributed by atoms with Crippen LogP contribution in [0.1, 0.15) is 31.5 Å². The van der Waals surface area contributed by atoms with Crippen LogP contribution in [0.2, 0.25) is 0 Å². The lowest BCUT2D eigenvalue weighted by atomic mass is 10.3. The lowest BCUT2D eigenvalue weighted by Crippen LogP contribution is -2.29. The van der Waals surface area contributed by atoms with Gasteiger partial charge in [-0.2, -0.15) is 5.10 Å². The Morgan fingerprint density at radius 2 is 2.22 bits per heavy atom. The predicted octanol–water partition coefficient (Wildman–Crippen LogP) is 1.20. The maximum Gasteiger partial charge on any atom is 0.157 e. The fourth-order valence-electron chi connectivity index (χ4n) is 2.89. The van der Waals surface area contributed by atoms with Crippen molar-refractivity contribution in [3.8, 4) is 5.75 Å². The van der Waals surface area contributed by atoms with E-state index in [1.807, 2.05) is 25.4 Å². The summed E-state index contributed by atoms with van der Waals surface area (Å²) in [5.41, 5.74) is 0. The van der Waals surface area contributed by atoms with Crippen LogP contribution in [0, 0.1) is 0 Å². The molecular weight excluding hydrogens is 294 g/mol. The number of anilines is 1. The first kappa shape index (κ1) is 14.4. The second-order valence-electron chi connectivity index (χ2n) is 6.21. The normalized spacial score (nSPS) is 24.2. The summed E-state index contributed by atoms with van der Waals surface area (Å²) >= 11 is 0. The quantitative estimate of drug-likeness (QED) is 0.893. The van der Waals surface area contributed by atoms with Crippen LogP contribution in [0.15, 0.2) is 24.7 Å². The highest BCUT2D eigenvalue weighted by Crippen LogP contribution is 2.38. The Balaban J connectivity index is 1.45. The van der Waals surface area contributed by atoms with Gasteiger partial charge in [0.25, 0.3) is 0 Å². The number of aromatic nitrogens is 4. The first-order chi connectivity index (χ1) is 11.2. The molecule has 1 saturated heterocycles. The van der Waals surface area contributed by atoms with E-state index in [2.05, 4.69) is 20.0 Å². The van der Waals surface area contributed by atoms with E-state index in [0.717, 1.165) is 18.2 Å². The highest BCUT2D eigenvalue weighted by atomic mass is 16.5. The molecule has 122 valence electrons. The third-order valence-corrected chi connectivity index (χ3v) is 4.38. The fraction of sp³-hybridized carbons (Fsp3) is 0.562. The maximum absolute atomic E-state index is 10.3. The van der Waals surface area contributed by atoms with Gasteiger partial charge in [-0.25, -0.2) is 9.97 Å². The van der Waals surface area contributed by atoms with E-state index in [1.54, 1.807) is 10.9 Å². The predicted molar refractivity (Wildman–Crippen MR) is 84.5 cm³/mol. The topological polar surface area (TPSA) is 76.3 Å². The minimum Gasteiger partial charge on any atom is -0.482 e. The van der Waals surface area contributed by atoms with Gasteiger partial charge in [0.1, 0.15) is 23.9 Å². The Morgan fingerprint density at radius 1 is 1.35 bits per heavy atom. The van der Waals surface area contributed by atoms with Crippen molar-refractivity contribution < 1.29 is 9.84 Å². The Labute approximate surface area is 134 Å². The molecule has 7 heteroatoms. The molecular formula is C16H21N5O2. The van der Waals surface area contributed by atoms with Crippen molar-refractivity contribution in [1.29, 1.82) is 0 Å². The van der Waals surface area contributed by atoms with Crippen molar-refractivity contribution >= 4 is 5.82 Å². The van der Waals surface area contributed by atoms with Crippen LogP contribution in [0.4, 0.5) is 5.82 Å². The highest BCUT2D eigenvalue weighted by molar-refractivity contribution is 5.40. The molecule has 3 heterocycles. The molecule has 23 heavy (non-hydrogen) atoms. The van der Waals surface area contributed by atoms with Crippen LogP contribution in [0.3, 0.4) is 0 Å². The zero-order valence-corrected chi connectivity index (χ0v) is 13.2. The van der Waals surface area contributed by atoms with Gasteiger partial charge in [-0.15, -0.1) is 0 Å². The molecule has 2 aliphatic rings. The number of rotatable bonds is 5. The molecule has 0 aromatic carbocycles. The molecule has 1 N–H and O–H groups in total. The lowest BCUT2D eigenvalue weighted by molar-refractivity contribution is 0.0737. The third-order valence-electron chi connectivity index (χ3n) is 4.38. The maximum atomic E-state index is 10.3. The van der Waals surface area contributed by atoms with Gasteiger partial charge in [-0.05, 0) is 25.8 Å². The number of aliphatic hydroxyl groups is 1. The van der Waals surface area contributed by atoms with E-state index in [-0.39, 0.29) is 6.10 Å². The average molecular weight is 315 g/mol. The zero-order valence-electron chi connectivity index (χ0n) is 13.2. The summed E-state index contributed by atoms with van der Waals surface area (Å²) in [6.07, 6.45) is 6.89. The Bertz CT molecular complexity index is 685. The molecule has 0 unspecified atom stereocenters. The molecule has 2 aromatic rings. The van der Waals surface area contributed by atoms with E-state index >= 15 is 0 Å². The van der Waals surface area contributed by atoms with Gasteiger partial charge in [0.05, 0.1) is 18.9 Å².